The van der Waals surface area contributed by atoms with Crippen LogP contribution in [0.5, 0.6) is 0 Å². The number of amides is 1. The van der Waals surface area contributed by atoms with Crippen LogP contribution in [-0.4, -0.2) is 99.6 Å². The van der Waals surface area contributed by atoms with Crippen LogP contribution in [0.4, 0.5) is 0 Å². The average Bonchev–Trinajstić information content (AvgIpc) is 3.50. The number of nitrogens with one attached hydrogen (secondary N) is 1. The monoisotopic (exact) mass is 1150 g/mol. The molecule has 11 heteroatoms. The van der Waals surface area contributed by atoms with Gasteiger partial charge < -0.3 is 45.1 Å². The van der Waals surface area contributed by atoms with Gasteiger partial charge in [-0.3, -0.25) is 9.59 Å². The van der Waals surface area contributed by atoms with Crippen LogP contribution < -0.4 is 5.32 Å². The Labute approximate surface area is 498 Å². The van der Waals surface area contributed by atoms with Crippen LogP contribution >= 0.6 is 0 Å². The summed E-state index contributed by atoms with van der Waals surface area (Å²) in [5.74, 6) is -1.18. The molecule has 8 atom stereocenters. The van der Waals surface area contributed by atoms with Crippen molar-refractivity contribution in [3.8, 4) is 0 Å². The van der Waals surface area contributed by atoms with E-state index in [9.17, 15) is 35.1 Å². The highest BCUT2D eigenvalue weighted by Crippen LogP contribution is 2.26. The lowest BCUT2D eigenvalue weighted by Crippen LogP contribution is -2.61. The fourth-order valence-electron chi connectivity index (χ4n) is 11.0. The predicted octanol–water partition coefficient (Wildman–Crippen LogP) is 17.4. The molecule has 0 aliphatic carbocycles. The molecule has 0 spiro atoms. The summed E-state index contributed by atoms with van der Waals surface area (Å²) < 4.78 is 17.7. The molecule has 81 heavy (non-hydrogen) atoms. The molecule has 1 amide bonds. The van der Waals surface area contributed by atoms with Gasteiger partial charge in [-0.25, -0.2) is 0 Å². The number of aliphatic hydroxyl groups excluding tert-OH is 5. The van der Waals surface area contributed by atoms with Crippen molar-refractivity contribution in [2.24, 2.45) is 0 Å². The minimum atomic E-state index is -1.61. The zero-order valence-electron chi connectivity index (χ0n) is 52.9. The number of carbonyl (C=O) groups is 2. The molecule has 0 bridgehead atoms. The molecule has 0 aromatic heterocycles. The number of hydrogen-bond acceptors (Lipinski definition) is 10. The molecule has 0 aromatic rings. The van der Waals surface area contributed by atoms with Crippen molar-refractivity contribution in [3.05, 3.63) is 36.5 Å². The maximum Gasteiger partial charge on any atom is 0.306 e. The summed E-state index contributed by atoms with van der Waals surface area (Å²) in [6, 6.07) is -1.02. The first kappa shape index (κ1) is 76.9. The van der Waals surface area contributed by atoms with Gasteiger partial charge >= 0.3 is 5.97 Å². The minimum absolute atomic E-state index is 0.126. The van der Waals surface area contributed by atoms with Crippen LogP contribution in [-0.2, 0) is 23.8 Å². The maximum absolute atomic E-state index is 13.5. The molecule has 11 nitrogen and oxygen atoms in total. The second-order valence-corrected chi connectivity index (χ2v) is 24.3. The number of unbranched alkanes of at least 4 members (excludes halogenated alkanes) is 42. The average molecular weight is 1150 g/mol. The van der Waals surface area contributed by atoms with Crippen LogP contribution in [0.3, 0.4) is 0 Å². The summed E-state index contributed by atoms with van der Waals surface area (Å²) in [6.07, 6.45) is 60.4. The third kappa shape index (κ3) is 45.9. The first-order valence-electron chi connectivity index (χ1n) is 34.8. The highest BCUT2D eigenvalue weighted by atomic mass is 16.7. The Bertz CT molecular complexity index is 1460. The lowest BCUT2D eigenvalue weighted by molar-refractivity contribution is -0.305. The number of ether oxygens (including phenoxy) is 3. The molecule has 6 N–H and O–H groups in total. The van der Waals surface area contributed by atoms with E-state index in [0.717, 1.165) is 57.8 Å². The van der Waals surface area contributed by atoms with Crippen molar-refractivity contribution in [2.75, 3.05) is 13.2 Å². The molecule has 1 fully saturated rings. The highest BCUT2D eigenvalue weighted by molar-refractivity contribution is 5.80. The first-order chi connectivity index (χ1) is 39.7. The molecule has 8 unspecified atom stereocenters. The molecule has 0 saturated carbocycles. The van der Waals surface area contributed by atoms with E-state index in [0.29, 0.717) is 19.3 Å². The van der Waals surface area contributed by atoms with E-state index in [1.54, 1.807) is 6.08 Å². The normalized spacial score (nSPS) is 18.8. The van der Waals surface area contributed by atoms with E-state index in [1.807, 2.05) is 6.08 Å². The van der Waals surface area contributed by atoms with Gasteiger partial charge in [0.15, 0.2) is 12.4 Å². The third-order valence-corrected chi connectivity index (χ3v) is 16.5. The molecule has 0 radical (unpaired) electrons. The number of allylic oxidation sites excluding steroid dienone is 5. The quantitative estimate of drug-likeness (QED) is 0.0195. The SMILES string of the molecule is CCCCCCCC/C=C/CCCCCCCCCCCCCC(=O)OC1C(OCC(NC(=O)C(O)CCCCCCCCCCCC/C=C/CCCCCCCC)C(O)/C=C/CCCCCCCCCCC)OC(CO)C(O)C1O. The Balaban J connectivity index is 2.57. The van der Waals surface area contributed by atoms with Crippen LogP contribution in [0.2, 0.25) is 0 Å². The van der Waals surface area contributed by atoms with Crippen LogP contribution in [0.1, 0.15) is 335 Å². The van der Waals surface area contributed by atoms with Gasteiger partial charge in [-0.15, -0.1) is 0 Å². The first-order valence-corrected chi connectivity index (χ1v) is 34.8. The van der Waals surface area contributed by atoms with Gasteiger partial charge in [0.1, 0.15) is 24.4 Å². The van der Waals surface area contributed by atoms with E-state index in [1.165, 1.54) is 231 Å². The lowest BCUT2D eigenvalue weighted by Gasteiger charge is -2.41. The Kier molecular flexibility index (Phi) is 55.3. The summed E-state index contributed by atoms with van der Waals surface area (Å²) in [5, 5.41) is 57.1. The van der Waals surface area contributed by atoms with E-state index >= 15 is 0 Å². The van der Waals surface area contributed by atoms with Gasteiger partial charge in [0.2, 0.25) is 5.91 Å². The third-order valence-electron chi connectivity index (χ3n) is 16.5. The summed E-state index contributed by atoms with van der Waals surface area (Å²) in [5.41, 5.74) is 0. The summed E-state index contributed by atoms with van der Waals surface area (Å²) in [6.45, 7) is 5.82. The summed E-state index contributed by atoms with van der Waals surface area (Å²) >= 11 is 0. The topological polar surface area (TPSA) is 175 Å². The van der Waals surface area contributed by atoms with Crippen molar-refractivity contribution in [1.29, 1.82) is 0 Å². The van der Waals surface area contributed by atoms with Crippen molar-refractivity contribution >= 4 is 11.9 Å². The zero-order chi connectivity index (χ0) is 58.9. The number of hydrogen-bond donors (Lipinski definition) is 6. The van der Waals surface area contributed by atoms with Crippen LogP contribution in [0.25, 0.3) is 0 Å². The largest absolute Gasteiger partial charge is 0.454 e. The van der Waals surface area contributed by atoms with E-state index < -0.39 is 67.4 Å². The van der Waals surface area contributed by atoms with Crippen molar-refractivity contribution in [1.82, 2.24) is 5.32 Å². The standard InChI is InChI=1S/C70H131NO10/c1-4-7-10-13-16-19-22-24-26-28-30-32-34-36-38-40-43-46-49-52-55-58-65(75)81-68-67(77)66(76)64(59-72)80-70(68)79-60-61(62(73)56-53-50-47-44-41-21-18-15-12-9-6-3)71-69(78)63(74)57-54-51-48-45-42-39-37-35-33-31-29-27-25-23-20-17-14-11-8-5-2/h24-27,53,56,61-64,66-68,70,72-74,76-77H,4-23,28-52,54-55,57-60H2,1-3H3,(H,71,78)/b26-24+,27-25+,56-53+. The molecule has 0 aromatic carbocycles. The van der Waals surface area contributed by atoms with Gasteiger partial charge in [-0.05, 0) is 77.0 Å². The van der Waals surface area contributed by atoms with Gasteiger partial charge in [-0.1, -0.05) is 288 Å². The minimum Gasteiger partial charge on any atom is -0.454 e. The zero-order valence-corrected chi connectivity index (χ0v) is 52.9. The second kappa shape index (κ2) is 58.3. The van der Waals surface area contributed by atoms with Gasteiger partial charge in [0, 0.05) is 6.42 Å². The molecule has 1 saturated heterocycles. The smallest absolute Gasteiger partial charge is 0.306 e. The van der Waals surface area contributed by atoms with Gasteiger partial charge in [0.25, 0.3) is 0 Å². The fraction of sp³-hybridized carbons (Fsp3) is 0.886. The van der Waals surface area contributed by atoms with Crippen molar-refractivity contribution in [3.63, 3.8) is 0 Å². The van der Waals surface area contributed by atoms with E-state index in [2.05, 4.69) is 50.4 Å². The Morgan fingerprint density at radius 3 is 1.20 bits per heavy atom. The van der Waals surface area contributed by atoms with E-state index in [4.69, 9.17) is 14.2 Å². The number of esters is 1. The number of rotatable bonds is 60. The molecular weight excluding hydrogens is 1010 g/mol. The number of carbonyl (C=O) groups excluding carboxylic acids is 2. The summed E-state index contributed by atoms with van der Waals surface area (Å²) in [7, 11) is 0. The van der Waals surface area contributed by atoms with Crippen LogP contribution in [0.15, 0.2) is 36.5 Å². The molecule has 1 aliphatic rings. The molecule has 1 rings (SSSR count). The molecular formula is C70H131NO10. The van der Waals surface area contributed by atoms with Gasteiger partial charge in [0.05, 0.1) is 25.4 Å². The van der Waals surface area contributed by atoms with E-state index in [-0.39, 0.29) is 13.0 Å². The highest BCUT2D eigenvalue weighted by Gasteiger charge is 2.47. The van der Waals surface area contributed by atoms with Crippen molar-refractivity contribution < 1.29 is 49.3 Å². The molecule has 476 valence electrons. The Hall–Kier alpha value is -2.12. The fourth-order valence-corrected chi connectivity index (χ4v) is 11.0. The summed E-state index contributed by atoms with van der Waals surface area (Å²) in [4.78, 5) is 26.6. The molecule has 1 heterocycles. The Morgan fingerprint density at radius 2 is 0.815 bits per heavy atom. The lowest BCUT2D eigenvalue weighted by atomic mass is 9.99. The second-order valence-electron chi connectivity index (χ2n) is 24.3. The molecule has 1 aliphatic heterocycles. The van der Waals surface area contributed by atoms with Crippen LogP contribution in [0, 0.1) is 0 Å². The Morgan fingerprint density at radius 1 is 0.469 bits per heavy atom. The number of aliphatic hydroxyl groups is 5. The maximum atomic E-state index is 13.5. The predicted molar refractivity (Wildman–Crippen MR) is 338 cm³/mol. The van der Waals surface area contributed by atoms with Crippen molar-refractivity contribution in [2.45, 2.75) is 384 Å². The van der Waals surface area contributed by atoms with Gasteiger partial charge in [-0.2, -0.15) is 0 Å².